The predicted octanol–water partition coefficient (Wildman–Crippen LogP) is 6.63. The standard InChI is InChI=1S/C34H29O2P/c35-33(28-16-6-1-7-17-28)34(29-18-8-2-9-19-29)26-27-37(36-34,30-20-10-3-11-21-30,31-22-12-4-13-23-31)32-24-14-5-15-25-32/h1-25H,26-27H2/t34-/m1/s1. The fraction of sp³-hybridized carbons (Fsp3) is 0.0882. The number of Topliss-reactive ketones (excluding diaryl/α,β-unsaturated/α-hetero) is 1. The van der Waals surface area contributed by atoms with E-state index in [0.717, 1.165) is 27.6 Å². The number of rotatable bonds is 6. The molecule has 2 nitrogen and oxygen atoms in total. The maximum atomic E-state index is 14.6. The van der Waals surface area contributed by atoms with E-state index in [1.54, 1.807) is 0 Å². The third kappa shape index (κ3) is 3.52. The van der Waals surface area contributed by atoms with Gasteiger partial charge in [0.05, 0.1) is 0 Å². The van der Waals surface area contributed by atoms with Crippen molar-refractivity contribution in [2.75, 3.05) is 6.16 Å². The normalized spacial score (nSPS) is 20.9. The van der Waals surface area contributed by atoms with Crippen LogP contribution in [0.3, 0.4) is 0 Å². The molecule has 0 amide bonds. The Morgan fingerprint density at radius 1 is 0.541 bits per heavy atom. The Labute approximate surface area is 218 Å². The number of carbonyl (C=O) groups is 1. The van der Waals surface area contributed by atoms with Gasteiger partial charge in [-0.05, 0) is 0 Å². The summed E-state index contributed by atoms with van der Waals surface area (Å²) in [7, 11) is 0. The molecule has 1 aliphatic heterocycles. The van der Waals surface area contributed by atoms with Crippen molar-refractivity contribution in [3.8, 4) is 0 Å². The first-order valence-electron chi connectivity index (χ1n) is 12.7. The first-order chi connectivity index (χ1) is 18.2. The molecule has 0 aliphatic carbocycles. The molecule has 182 valence electrons. The minimum atomic E-state index is -3.57. The Balaban J connectivity index is 1.71. The number of carbonyl (C=O) groups excluding carboxylic acids is 1. The summed E-state index contributed by atoms with van der Waals surface area (Å²) < 4.78 is 7.77. The van der Waals surface area contributed by atoms with Gasteiger partial charge in [0.2, 0.25) is 0 Å². The van der Waals surface area contributed by atoms with Crippen LogP contribution in [0.25, 0.3) is 0 Å². The van der Waals surface area contributed by atoms with Crippen molar-refractivity contribution in [3.05, 3.63) is 163 Å². The van der Waals surface area contributed by atoms with Gasteiger partial charge in [-0.15, -0.1) is 0 Å². The maximum absolute atomic E-state index is 14.6. The Hall–Kier alpha value is -3.84. The van der Waals surface area contributed by atoms with E-state index in [1.807, 2.05) is 78.9 Å². The Morgan fingerprint density at radius 3 is 1.35 bits per heavy atom. The van der Waals surface area contributed by atoms with Crippen LogP contribution < -0.4 is 15.9 Å². The van der Waals surface area contributed by atoms with Crippen LogP contribution in [0.1, 0.15) is 22.3 Å². The van der Waals surface area contributed by atoms with Crippen molar-refractivity contribution in [3.63, 3.8) is 0 Å². The van der Waals surface area contributed by atoms with E-state index in [0.29, 0.717) is 12.0 Å². The second-order valence-corrected chi connectivity index (χ2v) is 14.3. The van der Waals surface area contributed by atoms with Gasteiger partial charge in [0.15, 0.2) is 0 Å². The Morgan fingerprint density at radius 2 is 0.919 bits per heavy atom. The SMILES string of the molecule is O=C(c1ccccc1)[C@]1(c2ccccc2)CCP(c2ccccc2)(c2ccccc2)(c2ccccc2)O1. The predicted molar refractivity (Wildman–Crippen MR) is 155 cm³/mol. The second-order valence-electron chi connectivity index (χ2n) is 9.67. The zero-order valence-electron chi connectivity index (χ0n) is 20.6. The fourth-order valence-electron chi connectivity index (χ4n) is 6.04. The molecule has 6 rings (SSSR count). The topological polar surface area (TPSA) is 26.3 Å². The molecule has 0 radical (unpaired) electrons. The summed E-state index contributed by atoms with van der Waals surface area (Å²) in [4.78, 5) is 14.6. The molecule has 1 saturated heterocycles. The van der Waals surface area contributed by atoms with E-state index >= 15 is 0 Å². The van der Waals surface area contributed by atoms with E-state index in [4.69, 9.17) is 4.52 Å². The molecule has 1 heterocycles. The monoisotopic (exact) mass is 500 g/mol. The molecule has 0 bridgehead atoms. The molecule has 1 fully saturated rings. The Kier molecular flexibility index (Phi) is 5.88. The van der Waals surface area contributed by atoms with Crippen molar-refractivity contribution < 1.29 is 9.32 Å². The van der Waals surface area contributed by atoms with Gasteiger partial charge in [-0.1, -0.05) is 0 Å². The van der Waals surface area contributed by atoms with E-state index < -0.39 is 12.4 Å². The molecule has 3 heteroatoms. The number of hydrogen-bond donors (Lipinski definition) is 0. The number of benzene rings is 5. The first-order valence-corrected chi connectivity index (χ1v) is 15.1. The summed E-state index contributed by atoms with van der Waals surface area (Å²) in [6.45, 7) is -3.57. The summed E-state index contributed by atoms with van der Waals surface area (Å²) >= 11 is 0. The van der Waals surface area contributed by atoms with Gasteiger partial charge in [0.25, 0.3) is 0 Å². The van der Waals surface area contributed by atoms with Crippen LogP contribution in [0.5, 0.6) is 0 Å². The van der Waals surface area contributed by atoms with Crippen LogP contribution in [-0.2, 0) is 10.1 Å². The van der Waals surface area contributed by atoms with Gasteiger partial charge >= 0.3 is 219 Å². The molecule has 5 aromatic rings. The van der Waals surface area contributed by atoms with Gasteiger partial charge in [0.1, 0.15) is 0 Å². The van der Waals surface area contributed by atoms with Gasteiger partial charge in [-0.25, -0.2) is 0 Å². The molecule has 0 saturated carbocycles. The van der Waals surface area contributed by atoms with Crippen LogP contribution in [0.2, 0.25) is 0 Å². The molecular weight excluding hydrogens is 471 g/mol. The third-order valence-corrected chi connectivity index (χ3v) is 13.8. The fourth-order valence-corrected chi connectivity index (χ4v) is 12.2. The van der Waals surface area contributed by atoms with Crippen molar-refractivity contribution >= 4 is 28.5 Å². The van der Waals surface area contributed by atoms with Gasteiger partial charge in [-0.2, -0.15) is 0 Å². The minimum absolute atomic E-state index is 0.00796. The summed E-state index contributed by atoms with van der Waals surface area (Å²) in [6.07, 6.45) is 1.32. The van der Waals surface area contributed by atoms with Crippen molar-refractivity contribution in [1.29, 1.82) is 0 Å². The molecule has 0 unspecified atom stereocenters. The summed E-state index contributed by atoms with van der Waals surface area (Å²) in [6, 6.07) is 51.4. The quantitative estimate of drug-likeness (QED) is 0.193. The third-order valence-electron chi connectivity index (χ3n) is 7.80. The zero-order valence-corrected chi connectivity index (χ0v) is 21.5. The van der Waals surface area contributed by atoms with Crippen LogP contribution in [0.4, 0.5) is 0 Å². The van der Waals surface area contributed by atoms with E-state index in [2.05, 4.69) is 72.8 Å². The van der Waals surface area contributed by atoms with E-state index in [9.17, 15) is 4.79 Å². The number of hydrogen-bond acceptors (Lipinski definition) is 2. The summed E-state index contributed by atoms with van der Waals surface area (Å²) in [5, 5.41) is 3.43. The molecule has 5 aromatic carbocycles. The van der Waals surface area contributed by atoms with Crippen LogP contribution in [0.15, 0.2) is 152 Å². The molecule has 0 aromatic heterocycles. The molecule has 1 atom stereocenters. The van der Waals surface area contributed by atoms with Crippen LogP contribution in [0, 0.1) is 0 Å². The first kappa shape index (κ1) is 23.6. The van der Waals surface area contributed by atoms with Crippen molar-refractivity contribution in [2.24, 2.45) is 0 Å². The average molecular weight is 501 g/mol. The van der Waals surface area contributed by atoms with Gasteiger partial charge in [0, 0.05) is 0 Å². The van der Waals surface area contributed by atoms with Gasteiger partial charge < -0.3 is 0 Å². The Bertz CT molecular complexity index is 1400. The van der Waals surface area contributed by atoms with Crippen molar-refractivity contribution in [2.45, 2.75) is 12.0 Å². The average Bonchev–Trinajstić information content (AvgIpc) is 3.39. The second kappa shape index (κ2) is 9.23. The van der Waals surface area contributed by atoms with E-state index in [-0.39, 0.29) is 5.78 Å². The molecule has 0 N–H and O–H groups in total. The van der Waals surface area contributed by atoms with Gasteiger partial charge in [-0.3, -0.25) is 0 Å². The summed E-state index contributed by atoms with van der Waals surface area (Å²) in [5.74, 6) is 0.00796. The number of ketones is 1. The van der Waals surface area contributed by atoms with Crippen LogP contribution in [-0.4, -0.2) is 11.9 Å². The molecule has 37 heavy (non-hydrogen) atoms. The molecular formula is C34H29O2P. The van der Waals surface area contributed by atoms with Crippen LogP contribution >= 0.6 is 6.83 Å². The summed E-state index contributed by atoms with van der Waals surface area (Å²) in [5.41, 5.74) is 0.444. The van der Waals surface area contributed by atoms with Crippen molar-refractivity contribution in [1.82, 2.24) is 0 Å². The van der Waals surface area contributed by atoms with E-state index in [1.165, 1.54) is 0 Å². The zero-order chi connectivity index (χ0) is 25.2. The molecule has 1 aliphatic rings. The molecule has 0 spiro atoms.